The van der Waals surface area contributed by atoms with Crippen molar-refractivity contribution in [1.82, 2.24) is 4.98 Å². The van der Waals surface area contributed by atoms with E-state index in [0.717, 1.165) is 11.3 Å². The summed E-state index contributed by atoms with van der Waals surface area (Å²) in [5.74, 6) is 5.47. The number of aryl methyl sites for hydroxylation is 1. The first-order valence-electron chi connectivity index (χ1n) is 6.57. The van der Waals surface area contributed by atoms with Crippen molar-refractivity contribution in [3.05, 3.63) is 52.7 Å². The molecule has 1 aromatic heterocycles. The van der Waals surface area contributed by atoms with E-state index in [4.69, 9.17) is 17.4 Å². The Hall–Kier alpha value is -2.11. The van der Waals surface area contributed by atoms with Crippen LogP contribution >= 0.6 is 11.6 Å². The maximum atomic E-state index is 12.6. The van der Waals surface area contributed by atoms with Gasteiger partial charge in [-0.2, -0.15) is 0 Å². The SMILES string of the molecule is CCN(C(=O)c1cnc(NN)c(Cl)c1)c1cccc(C)c1. The predicted molar refractivity (Wildman–Crippen MR) is 85.6 cm³/mol. The number of nitrogens with zero attached hydrogens (tertiary/aromatic N) is 2. The number of carbonyl (C=O) groups excluding carboxylic acids is 1. The standard InChI is InChI=1S/C15H17ClN4O/c1-3-20(12-6-4-5-10(2)7-12)15(21)11-8-13(16)14(19-17)18-9-11/h4-9H,3,17H2,1-2H3,(H,18,19). The van der Waals surface area contributed by atoms with Crippen LogP contribution in [0.3, 0.4) is 0 Å². The fourth-order valence-corrected chi connectivity index (χ4v) is 2.28. The number of hydrazine groups is 1. The number of nitrogens with two attached hydrogens (primary N) is 1. The van der Waals surface area contributed by atoms with Crippen molar-refractivity contribution in [2.75, 3.05) is 16.9 Å². The van der Waals surface area contributed by atoms with E-state index < -0.39 is 0 Å². The molecule has 0 atom stereocenters. The summed E-state index contributed by atoms with van der Waals surface area (Å²) < 4.78 is 0. The zero-order valence-corrected chi connectivity index (χ0v) is 12.7. The monoisotopic (exact) mass is 304 g/mol. The number of anilines is 2. The van der Waals surface area contributed by atoms with Crippen molar-refractivity contribution < 1.29 is 4.79 Å². The average Bonchev–Trinajstić information content (AvgIpc) is 2.48. The van der Waals surface area contributed by atoms with Crippen LogP contribution in [0, 0.1) is 6.92 Å². The first kappa shape index (κ1) is 15.3. The fourth-order valence-electron chi connectivity index (χ4n) is 2.06. The molecule has 0 bridgehead atoms. The van der Waals surface area contributed by atoms with Crippen molar-refractivity contribution >= 4 is 29.0 Å². The number of nitrogen functional groups attached to an aromatic ring is 1. The van der Waals surface area contributed by atoms with Gasteiger partial charge in [-0.3, -0.25) is 4.79 Å². The molecule has 1 heterocycles. The molecule has 0 unspecified atom stereocenters. The van der Waals surface area contributed by atoms with Gasteiger partial charge in [-0.05, 0) is 37.6 Å². The third-order valence-corrected chi connectivity index (χ3v) is 3.39. The van der Waals surface area contributed by atoms with E-state index in [9.17, 15) is 4.79 Å². The van der Waals surface area contributed by atoms with Gasteiger partial charge in [0, 0.05) is 18.4 Å². The minimum atomic E-state index is -0.152. The molecule has 5 nitrogen and oxygen atoms in total. The van der Waals surface area contributed by atoms with Gasteiger partial charge in [0.2, 0.25) is 0 Å². The maximum Gasteiger partial charge on any atom is 0.259 e. The smallest absolute Gasteiger partial charge is 0.259 e. The first-order chi connectivity index (χ1) is 10.1. The molecule has 0 spiro atoms. The Morgan fingerprint density at radius 2 is 2.19 bits per heavy atom. The molecule has 2 rings (SSSR count). The predicted octanol–water partition coefficient (Wildman–Crippen LogP) is 3.00. The molecule has 3 N–H and O–H groups in total. The summed E-state index contributed by atoms with van der Waals surface area (Å²) in [6.07, 6.45) is 1.46. The van der Waals surface area contributed by atoms with E-state index >= 15 is 0 Å². The number of aromatic nitrogens is 1. The quantitative estimate of drug-likeness (QED) is 0.673. The highest BCUT2D eigenvalue weighted by Gasteiger charge is 2.17. The molecule has 110 valence electrons. The van der Waals surface area contributed by atoms with E-state index in [0.29, 0.717) is 22.9 Å². The van der Waals surface area contributed by atoms with Crippen LogP contribution in [0.4, 0.5) is 11.5 Å². The minimum absolute atomic E-state index is 0.152. The Balaban J connectivity index is 2.34. The Morgan fingerprint density at radius 3 is 2.76 bits per heavy atom. The lowest BCUT2D eigenvalue weighted by atomic mass is 10.2. The summed E-state index contributed by atoms with van der Waals surface area (Å²) >= 11 is 6.02. The van der Waals surface area contributed by atoms with Crippen molar-refractivity contribution in [1.29, 1.82) is 0 Å². The molecule has 0 aliphatic rings. The topological polar surface area (TPSA) is 71.2 Å². The van der Waals surface area contributed by atoms with Crippen molar-refractivity contribution in [2.24, 2.45) is 5.84 Å². The Bertz CT molecular complexity index is 660. The van der Waals surface area contributed by atoms with Crippen LogP contribution in [0.1, 0.15) is 22.8 Å². The number of hydrogen-bond donors (Lipinski definition) is 2. The molecule has 1 amide bonds. The molecule has 0 saturated heterocycles. The van der Waals surface area contributed by atoms with Gasteiger partial charge in [0.25, 0.3) is 5.91 Å². The number of hydrogen-bond acceptors (Lipinski definition) is 4. The number of carbonyl (C=O) groups is 1. The molecule has 0 fully saturated rings. The zero-order chi connectivity index (χ0) is 15.4. The van der Waals surface area contributed by atoms with Crippen LogP contribution in [0.2, 0.25) is 5.02 Å². The van der Waals surface area contributed by atoms with E-state index in [1.807, 2.05) is 38.1 Å². The summed E-state index contributed by atoms with van der Waals surface area (Å²) in [6.45, 7) is 4.46. The van der Waals surface area contributed by atoms with Gasteiger partial charge < -0.3 is 10.3 Å². The van der Waals surface area contributed by atoms with Crippen molar-refractivity contribution in [3.8, 4) is 0 Å². The number of rotatable bonds is 4. The van der Waals surface area contributed by atoms with Crippen LogP contribution in [0.15, 0.2) is 36.5 Å². The molecule has 1 aromatic carbocycles. The number of benzene rings is 1. The van der Waals surface area contributed by atoms with Crippen LogP contribution < -0.4 is 16.2 Å². The second kappa shape index (κ2) is 6.56. The molecule has 0 radical (unpaired) electrons. The highest BCUT2D eigenvalue weighted by molar-refractivity contribution is 6.33. The van der Waals surface area contributed by atoms with Gasteiger partial charge >= 0.3 is 0 Å². The second-order valence-corrected chi connectivity index (χ2v) is 4.99. The zero-order valence-electron chi connectivity index (χ0n) is 11.9. The lowest BCUT2D eigenvalue weighted by molar-refractivity contribution is 0.0988. The summed E-state index contributed by atoms with van der Waals surface area (Å²) in [5, 5.41) is 0.309. The number of nitrogens with one attached hydrogen (secondary N) is 1. The van der Waals surface area contributed by atoms with Gasteiger partial charge in [-0.25, -0.2) is 10.8 Å². The van der Waals surface area contributed by atoms with Gasteiger partial charge in [-0.1, -0.05) is 23.7 Å². The fraction of sp³-hybridized carbons (Fsp3) is 0.200. The summed E-state index contributed by atoms with van der Waals surface area (Å²) in [6, 6.07) is 9.34. The number of amides is 1. The average molecular weight is 305 g/mol. The summed E-state index contributed by atoms with van der Waals surface area (Å²) in [5.41, 5.74) is 4.74. The van der Waals surface area contributed by atoms with Crippen LogP contribution in [0.5, 0.6) is 0 Å². The van der Waals surface area contributed by atoms with Crippen LogP contribution in [0.25, 0.3) is 0 Å². The molecule has 21 heavy (non-hydrogen) atoms. The van der Waals surface area contributed by atoms with Crippen LogP contribution in [-0.4, -0.2) is 17.4 Å². The number of halogens is 1. The first-order valence-corrected chi connectivity index (χ1v) is 6.95. The van der Waals surface area contributed by atoms with Gasteiger partial charge in [-0.15, -0.1) is 0 Å². The third-order valence-electron chi connectivity index (χ3n) is 3.10. The maximum absolute atomic E-state index is 12.6. The van der Waals surface area contributed by atoms with Crippen molar-refractivity contribution in [2.45, 2.75) is 13.8 Å². The van der Waals surface area contributed by atoms with Gasteiger partial charge in [0.15, 0.2) is 5.82 Å². The van der Waals surface area contributed by atoms with E-state index in [-0.39, 0.29) is 5.91 Å². The molecule has 0 saturated carbocycles. The number of pyridine rings is 1. The Kier molecular flexibility index (Phi) is 4.77. The largest absolute Gasteiger partial charge is 0.309 e. The third kappa shape index (κ3) is 3.32. The van der Waals surface area contributed by atoms with Gasteiger partial charge in [0.1, 0.15) is 0 Å². The normalized spacial score (nSPS) is 10.3. The van der Waals surface area contributed by atoms with Gasteiger partial charge in [0.05, 0.1) is 10.6 Å². The lowest BCUT2D eigenvalue weighted by Gasteiger charge is -2.21. The van der Waals surface area contributed by atoms with E-state index in [1.54, 1.807) is 11.0 Å². The lowest BCUT2D eigenvalue weighted by Crippen LogP contribution is -2.30. The molecular formula is C15H17ClN4O. The molecule has 2 aromatic rings. The van der Waals surface area contributed by atoms with E-state index in [1.165, 1.54) is 6.20 Å². The minimum Gasteiger partial charge on any atom is -0.309 e. The highest BCUT2D eigenvalue weighted by atomic mass is 35.5. The Morgan fingerprint density at radius 1 is 1.43 bits per heavy atom. The molecular weight excluding hydrogens is 288 g/mol. The highest BCUT2D eigenvalue weighted by Crippen LogP contribution is 2.22. The van der Waals surface area contributed by atoms with Crippen LogP contribution in [-0.2, 0) is 0 Å². The molecule has 0 aliphatic heterocycles. The van der Waals surface area contributed by atoms with E-state index in [2.05, 4.69) is 10.4 Å². The molecule has 0 aliphatic carbocycles. The Labute approximate surface area is 128 Å². The second-order valence-electron chi connectivity index (χ2n) is 4.59. The summed E-state index contributed by atoms with van der Waals surface area (Å²) in [4.78, 5) is 18.3. The molecule has 6 heteroatoms. The summed E-state index contributed by atoms with van der Waals surface area (Å²) in [7, 11) is 0. The van der Waals surface area contributed by atoms with Crippen molar-refractivity contribution in [3.63, 3.8) is 0 Å².